The molecule has 3 aromatic rings. The van der Waals surface area contributed by atoms with E-state index in [1.54, 1.807) is 37.3 Å². The Balaban J connectivity index is 0.00000280. The first kappa shape index (κ1) is 33.2. The zero-order chi connectivity index (χ0) is 27.1. The van der Waals surface area contributed by atoms with Gasteiger partial charge in [0, 0.05) is 5.56 Å². The van der Waals surface area contributed by atoms with Crippen molar-refractivity contribution in [3.63, 3.8) is 0 Å². The molecule has 4 rings (SSSR count). The molecule has 1 saturated heterocycles. The van der Waals surface area contributed by atoms with Gasteiger partial charge in [0.2, 0.25) is 10.0 Å². The monoisotopic (exact) mass is 610 g/mol. The van der Waals surface area contributed by atoms with Gasteiger partial charge in [-0.25, -0.2) is 8.42 Å². The normalized spacial score (nSPS) is 13.5. The van der Waals surface area contributed by atoms with Crippen LogP contribution in [0.3, 0.4) is 0 Å². The van der Waals surface area contributed by atoms with Gasteiger partial charge < -0.3 is 20.5 Å². The smallest absolute Gasteiger partial charge is 0.306 e. The average Bonchev–Trinajstić information content (AvgIpc) is 2.91. The summed E-state index contributed by atoms with van der Waals surface area (Å²) in [5, 5.41) is 12.8. The number of hydrogen-bond acceptors (Lipinski definition) is 7. The van der Waals surface area contributed by atoms with Crippen LogP contribution in [0.25, 0.3) is 10.8 Å². The van der Waals surface area contributed by atoms with Crippen LogP contribution < -0.4 is 20.1 Å². The van der Waals surface area contributed by atoms with E-state index in [-0.39, 0.29) is 62.1 Å². The van der Waals surface area contributed by atoms with E-state index in [1.165, 1.54) is 4.31 Å². The molecule has 9 nitrogen and oxygen atoms in total. The van der Waals surface area contributed by atoms with E-state index in [2.05, 4.69) is 5.32 Å². The highest BCUT2D eigenvalue weighted by molar-refractivity contribution is 7.92. The molecule has 0 spiro atoms. The topological polar surface area (TPSA) is 135 Å². The Labute approximate surface area is 247 Å². The summed E-state index contributed by atoms with van der Waals surface area (Å²) >= 11 is 0. The number of nitrogens with one attached hydrogen (secondary N) is 2. The van der Waals surface area contributed by atoms with Gasteiger partial charge in [-0.1, -0.05) is 24.3 Å². The van der Waals surface area contributed by atoms with Crippen molar-refractivity contribution >= 4 is 63.1 Å². The van der Waals surface area contributed by atoms with Crippen molar-refractivity contribution in [1.29, 1.82) is 5.41 Å². The molecule has 0 radical (unpaired) electrons. The number of hydrogen-bond donors (Lipinski definition) is 3. The number of ether oxygens (including phenoxy) is 2. The van der Waals surface area contributed by atoms with Crippen molar-refractivity contribution in [3.05, 3.63) is 71.8 Å². The molecule has 0 amide bonds. The van der Waals surface area contributed by atoms with Gasteiger partial charge in [-0.2, -0.15) is 0 Å². The second-order valence-electron chi connectivity index (χ2n) is 9.25. The second-order valence-corrected chi connectivity index (χ2v) is 11.3. The van der Waals surface area contributed by atoms with Crippen molar-refractivity contribution in [2.24, 2.45) is 5.73 Å². The fourth-order valence-corrected chi connectivity index (χ4v) is 5.86. The molecule has 0 aromatic heterocycles. The van der Waals surface area contributed by atoms with E-state index >= 15 is 0 Å². The third-order valence-corrected chi connectivity index (χ3v) is 8.19. The number of esters is 1. The molecule has 0 saturated carbocycles. The van der Waals surface area contributed by atoms with Gasteiger partial charge in [-0.15, -0.1) is 24.8 Å². The van der Waals surface area contributed by atoms with Crippen molar-refractivity contribution in [2.75, 3.05) is 29.8 Å². The summed E-state index contributed by atoms with van der Waals surface area (Å²) in [4.78, 5) is 11.9. The number of carbonyl (C=O) groups is 1. The quantitative estimate of drug-likeness (QED) is 0.166. The number of fused-ring (bicyclic) bond motifs is 1. The average molecular weight is 612 g/mol. The molecule has 12 heteroatoms. The minimum absolute atomic E-state index is 0. The van der Waals surface area contributed by atoms with Gasteiger partial charge in [-0.05, 0) is 85.6 Å². The summed E-state index contributed by atoms with van der Waals surface area (Å²) in [5.41, 5.74) is 7.48. The first-order chi connectivity index (χ1) is 18.2. The lowest BCUT2D eigenvalue weighted by Gasteiger charge is -2.26. The summed E-state index contributed by atoms with van der Waals surface area (Å²) in [7, 11) is -3.87. The maximum absolute atomic E-state index is 13.5. The molecule has 1 heterocycles. The van der Waals surface area contributed by atoms with Gasteiger partial charge >= 0.3 is 5.97 Å². The zero-order valence-electron chi connectivity index (χ0n) is 22.3. The highest BCUT2D eigenvalue weighted by Gasteiger charge is 2.25. The maximum atomic E-state index is 13.5. The van der Waals surface area contributed by atoms with Crippen LogP contribution in [-0.2, 0) is 26.1 Å². The Bertz CT molecular complexity index is 1400. The number of sulfonamides is 1. The molecule has 4 N–H and O–H groups in total. The standard InChI is InChI=1S/C28H34N4O5S.2ClH/c1-2-36-27(33)13-16-38(34,35)32(24-7-9-25(10-8-24)37-26-11-14-31-15-12-26)19-20-3-4-21-5-6-22(28(29)30)18-23(21)17-20;;/h3-10,17-18,26,31H,2,11-16,19H2,1H3,(H3,29,30);2*1H. The SMILES string of the molecule is CCOC(=O)CCS(=O)(=O)N(Cc1ccc2ccc(C(=N)N)cc2c1)c1ccc(OC2CCNCC2)cc1.Cl.Cl. The van der Waals surface area contributed by atoms with Crippen molar-refractivity contribution in [2.45, 2.75) is 38.8 Å². The predicted molar refractivity (Wildman–Crippen MR) is 164 cm³/mol. The predicted octanol–water partition coefficient (Wildman–Crippen LogP) is 4.39. The lowest BCUT2D eigenvalue weighted by molar-refractivity contribution is -0.142. The van der Waals surface area contributed by atoms with Crippen LogP contribution in [0.1, 0.15) is 37.3 Å². The third kappa shape index (κ3) is 8.72. The largest absolute Gasteiger partial charge is 0.490 e. The van der Waals surface area contributed by atoms with E-state index < -0.39 is 16.0 Å². The fourth-order valence-electron chi connectivity index (χ4n) is 4.43. The van der Waals surface area contributed by atoms with Crippen LogP contribution in [0.15, 0.2) is 60.7 Å². The van der Waals surface area contributed by atoms with Crippen molar-refractivity contribution < 1.29 is 22.7 Å². The van der Waals surface area contributed by atoms with Crippen LogP contribution in [0, 0.1) is 5.41 Å². The van der Waals surface area contributed by atoms with Crippen LogP contribution in [0.5, 0.6) is 5.75 Å². The highest BCUT2D eigenvalue weighted by Crippen LogP contribution is 2.27. The summed E-state index contributed by atoms with van der Waals surface area (Å²) in [6.07, 6.45) is 1.74. The molecule has 1 aliphatic heterocycles. The van der Waals surface area contributed by atoms with Crippen LogP contribution in [-0.4, -0.2) is 51.8 Å². The van der Waals surface area contributed by atoms with E-state index in [1.807, 2.05) is 30.3 Å². The third-order valence-electron chi connectivity index (χ3n) is 6.46. The van der Waals surface area contributed by atoms with Gasteiger partial charge in [0.25, 0.3) is 0 Å². The molecule has 0 atom stereocenters. The van der Waals surface area contributed by atoms with E-state index in [0.717, 1.165) is 42.3 Å². The van der Waals surface area contributed by atoms with Crippen LogP contribution in [0.2, 0.25) is 0 Å². The van der Waals surface area contributed by atoms with Gasteiger partial charge in [0.05, 0.1) is 31.0 Å². The molecule has 0 unspecified atom stereocenters. The lowest BCUT2D eigenvalue weighted by atomic mass is 10.0. The minimum Gasteiger partial charge on any atom is -0.490 e. The van der Waals surface area contributed by atoms with Gasteiger partial charge in [0.15, 0.2) is 0 Å². The molecular formula is C28H36Cl2N4O5S. The summed E-state index contributed by atoms with van der Waals surface area (Å²) in [5.74, 6) is -0.273. The summed E-state index contributed by atoms with van der Waals surface area (Å²) < 4.78 is 39.3. The van der Waals surface area contributed by atoms with E-state index in [9.17, 15) is 13.2 Å². The summed E-state index contributed by atoms with van der Waals surface area (Å²) in [6.45, 7) is 3.77. The van der Waals surface area contributed by atoms with Gasteiger partial charge in [0.1, 0.15) is 17.7 Å². The minimum atomic E-state index is -3.87. The number of halogens is 2. The molecule has 1 fully saturated rings. The molecule has 3 aromatic carbocycles. The Morgan fingerprint density at radius 2 is 1.70 bits per heavy atom. The van der Waals surface area contributed by atoms with Crippen molar-refractivity contribution in [1.82, 2.24) is 5.32 Å². The molecule has 40 heavy (non-hydrogen) atoms. The number of nitrogen functional groups attached to an aromatic ring is 1. The first-order valence-corrected chi connectivity index (χ1v) is 14.4. The number of amidine groups is 1. The molecule has 218 valence electrons. The lowest BCUT2D eigenvalue weighted by Crippen LogP contribution is -2.34. The van der Waals surface area contributed by atoms with Crippen LogP contribution >= 0.6 is 24.8 Å². The van der Waals surface area contributed by atoms with Crippen molar-refractivity contribution in [3.8, 4) is 5.75 Å². The Hall–Kier alpha value is -3.05. The number of anilines is 1. The van der Waals surface area contributed by atoms with E-state index in [4.69, 9.17) is 20.6 Å². The molecular weight excluding hydrogens is 575 g/mol. The Morgan fingerprint density at radius 1 is 1.02 bits per heavy atom. The Kier molecular flexibility index (Phi) is 12.5. The Morgan fingerprint density at radius 3 is 2.35 bits per heavy atom. The number of piperidine rings is 1. The van der Waals surface area contributed by atoms with E-state index in [0.29, 0.717) is 17.0 Å². The number of nitrogens with two attached hydrogens (primary N) is 1. The number of rotatable bonds is 11. The number of nitrogens with zero attached hydrogens (tertiary/aromatic N) is 1. The molecule has 1 aliphatic rings. The highest BCUT2D eigenvalue weighted by atomic mass is 35.5. The number of carbonyl (C=O) groups excluding carboxylic acids is 1. The maximum Gasteiger partial charge on any atom is 0.306 e. The fraction of sp³-hybridized carbons (Fsp3) is 0.357. The van der Waals surface area contributed by atoms with Gasteiger partial charge in [-0.3, -0.25) is 14.5 Å². The van der Waals surface area contributed by atoms with Crippen LogP contribution in [0.4, 0.5) is 5.69 Å². The molecule has 0 bridgehead atoms. The zero-order valence-corrected chi connectivity index (χ0v) is 24.7. The first-order valence-electron chi connectivity index (χ1n) is 12.8. The molecule has 0 aliphatic carbocycles. The summed E-state index contributed by atoms with van der Waals surface area (Å²) in [6, 6.07) is 18.2. The number of benzene rings is 3. The second kappa shape index (κ2) is 15.1.